The minimum atomic E-state index is -0.424. The number of phenolic OH excluding ortho intramolecular Hbond substituents is 1. The first kappa shape index (κ1) is 20.6. The van der Waals surface area contributed by atoms with Gasteiger partial charge in [0.05, 0.1) is 5.69 Å². The molecule has 31 heavy (non-hydrogen) atoms. The van der Waals surface area contributed by atoms with Crippen LogP contribution in [-0.4, -0.2) is 51.7 Å². The molecule has 158 valence electrons. The van der Waals surface area contributed by atoms with E-state index in [2.05, 4.69) is 20.5 Å². The van der Waals surface area contributed by atoms with Crippen molar-refractivity contribution in [3.63, 3.8) is 0 Å². The number of hydrogen-bond donors (Lipinski definition) is 3. The van der Waals surface area contributed by atoms with E-state index in [1.165, 1.54) is 0 Å². The number of hydrogen-bond acceptors (Lipinski definition) is 5. The first-order valence-electron chi connectivity index (χ1n) is 10.2. The molecule has 0 radical (unpaired) electrons. The minimum Gasteiger partial charge on any atom is -0.507 e. The number of likely N-dealkylation sites (N-methyl/N-ethyl adjacent to an activating group) is 2. The summed E-state index contributed by atoms with van der Waals surface area (Å²) in [4.78, 5) is 18.9. The summed E-state index contributed by atoms with van der Waals surface area (Å²) in [6.45, 7) is 2.60. The third kappa shape index (κ3) is 3.87. The fourth-order valence-electron chi connectivity index (χ4n) is 3.65. The zero-order valence-corrected chi connectivity index (χ0v) is 17.8. The van der Waals surface area contributed by atoms with Gasteiger partial charge in [0.2, 0.25) is 5.91 Å². The van der Waals surface area contributed by atoms with Gasteiger partial charge in [0.1, 0.15) is 11.8 Å². The Morgan fingerprint density at radius 3 is 2.71 bits per heavy atom. The summed E-state index contributed by atoms with van der Waals surface area (Å²) in [7, 11) is 3.59. The van der Waals surface area contributed by atoms with E-state index >= 15 is 0 Å². The maximum Gasteiger partial charge on any atom is 0.244 e. The largest absolute Gasteiger partial charge is 0.507 e. The molecule has 0 saturated heterocycles. The fraction of sp³-hybridized carbons (Fsp3) is 0.208. The summed E-state index contributed by atoms with van der Waals surface area (Å²) in [5.41, 5.74) is 4.69. The number of benzene rings is 2. The lowest BCUT2D eigenvalue weighted by Gasteiger charge is -2.23. The number of carbonyl (C=O) groups excluding carboxylic acids is 1. The maximum atomic E-state index is 12.7. The Hall–Kier alpha value is -3.71. The van der Waals surface area contributed by atoms with Crippen LogP contribution >= 0.6 is 0 Å². The van der Waals surface area contributed by atoms with Crippen molar-refractivity contribution in [2.75, 3.05) is 20.6 Å². The molecule has 2 heterocycles. The summed E-state index contributed by atoms with van der Waals surface area (Å²) < 4.78 is 0. The van der Waals surface area contributed by atoms with Crippen molar-refractivity contribution in [3.8, 4) is 28.1 Å². The number of amides is 1. The van der Waals surface area contributed by atoms with Crippen molar-refractivity contribution in [2.24, 2.45) is 0 Å². The van der Waals surface area contributed by atoms with Gasteiger partial charge in [-0.15, -0.1) is 0 Å². The molecule has 4 rings (SSSR count). The standard InChI is InChI=1S/C24H25N5O2/c1-4-29(3)24(31)21(25-2)16-9-7-8-15(12-16)17-13-19-22(27-28-23(19)26-14-17)18-10-5-6-11-20(18)30/h5-14,21,25,30H,4H2,1-3H3,(H,26,27,28). The maximum absolute atomic E-state index is 12.7. The molecule has 0 aliphatic rings. The van der Waals surface area contributed by atoms with E-state index in [1.54, 1.807) is 37.3 Å². The van der Waals surface area contributed by atoms with E-state index in [0.717, 1.165) is 22.1 Å². The summed E-state index contributed by atoms with van der Waals surface area (Å²) in [6.07, 6.45) is 1.77. The van der Waals surface area contributed by atoms with Gasteiger partial charge in [-0.1, -0.05) is 30.3 Å². The van der Waals surface area contributed by atoms with Crippen LogP contribution in [0.1, 0.15) is 18.5 Å². The molecule has 3 N–H and O–H groups in total. The monoisotopic (exact) mass is 415 g/mol. The molecule has 7 heteroatoms. The van der Waals surface area contributed by atoms with Crippen molar-refractivity contribution < 1.29 is 9.90 Å². The molecule has 0 aliphatic carbocycles. The molecule has 7 nitrogen and oxygen atoms in total. The number of phenols is 1. The highest BCUT2D eigenvalue weighted by Crippen LogP contribution is 2.34. The predicted molar refractivity (Wildman–Crippen MR) is 122 cm³/mol. The highest BCUT2D eigenvalue weighted by molar-refractivity contribution is 5.94. The van der Waals surface area contributed by atoms with Gasteiger partial charge in [0.25, 0.3) is 0 Å². The van der Waals surface area contributed by atoms with Crippen molar-refractivity contribution in [3.05, 3.63) is 66.4 Å². The van der Waals surface area contributed by atoms with Gasteiger partial charge in [-0.05, 0) is 49.4 Å². The van der Waals surface area contributed by atoms with Crippen LogP contribution < -0.4 is 5.32 Å². The quantitative estimate of drug-likeness (QED) is 0.446. The normalized spacial score (nSPS) is 12.1. The van der Waals surface area contributed by atoms with Crippen LogP contribution in [0.25, 0.3) is 33.4 Å². The van der Waals surface area contributed by atoms with Crippen molar-refractivity contribution in [1.82, 2.24) is 25.4 Å². The molecule has 0 spiro atoms. The Kier molecular flexibility index (Phi) is 5.68. The molecule has 0 aliphatic heterocycles. The van der Waals surface area contributed by atoms with Crippen molar-refractivity contribution in [2.45, 2.75) is 13.0 Å². The Labute approximate surface area is 180 Å². The van der Waals surface area contributed by atoms with Gasteiger partial charge in [0, 0.05) is 36.3 Å². The topological polar surface area (TPSA) is 94.1 Å². The SMILES string of the molecule is CCN(C)C(=O)C(NC)c1cccc(-c2cnc3n[nH]c(-c4ccccc4O)c3c2)c1. The number of nitrogens with zero attached hydrogens (tertiary/aromatic N) is 3. The molecule has 1 unspecified atom stereocenters. The van der Waals surface area contributed by atoms with E-state index in [0.29, 0.717) is 23.4 Å². The molecule has 1 atom stereocenters. The van der Waals surface area contributed by atoms with Gasteiger partial charge in [-0.2, -0.15) is 5.10 Å². The van der Waals surface area contributed by atoms with Crippen LogP contribution in [0.3, 0.4) is 0 Å². The number of para-hydroxylation sites is 1. The Morgan fingerprint density at radius 2 is 1.97 bits per heavy atom. The highest BCUT2D eigenvalue weighted by Gasteiger charge is 2.22. The van der Waals surface area contributed by atoms with E-state index in [1.807, 2.05) is 49.4 Å². The number of H-pyrrole nitrogens is 1. The summed E-state index contributed by atoms with van der Waals surface area (Å²) in [6, 6.07) is 16.6. The Balaban J connectivity index is 1.76. The smallest absolute Gasteiger partial charge is 0.244 e. The first-order chi connectivity index (χ1) is 15.0. The number of rotatable bonds is 6. The average Bonchev–Trinajstić information content (AvgIpc) is 3.22. The Bertz CT molecular complexity index is 1230. The number of nitrogens with one attached hydrogen (secondary N) is 2. The van der Waals surface area contributed by atoms with E-state index in [4.69, 9.17) is 0 Å². The zero-order chi connectivity index (χ0) is 22.0. The lowest BCUT2D eigenvalue weighted by atomic mass is 9.98. The third-order valence-electron chi connectivity index (χ3n) is 5.52. The van der Waals surface area contributed by atoms with E-state index < -0.39 is 6.04 Å². The second-order valence-corrected chi connectivity index (χ2v) is 7.41. The van der Waals surface area contributed by atoms with Crippen LogP contribution in [0.5, 0.6) is 5.75 Å². The molecule has 0 bridgehead atoms. The van der Waals surface area contributed by atoms with E-state index in [9.17, 15) is 9.90 Å². The number of fused-ring (bicyclic) bond motifs is 1. The number of aromatic hydroxyl groups is 1. The third-order valence-corrected chi connectivity index (χ3v) is 5.52. The highest BCUT2D eigenvalue weighted by atomic mass is 16.3. The van der Waals surface area contributed by atoms with Gasteiger partial charge in [-0.3, -0.25) is 9.89 Å². The number of aromatic amines is 1. The summed E-state index contributed by atoms with van der Waals surface area (Å²) in [5.74, 6) is 0.197. The molecule has 4 aromatic rings. The van der Waals surface area contributed by atoms with Crippen LogP contribution in [0.2, 0.25) is 0 Å². The van der Waals surface area contributed by atoms with Crippen LogP contribution in [-0.2, 0) is 4.79 Å². The predicted octanol–water partition coefficient (Wildman–Crippen LogP) is 3.74. The van der Waals surface area contributed by atoms with Crippen LogP contribution in [0.15, 0.2) is 60.8 Å². The van der Waals surface area contributed by atoms with E-state index in [-0.39, 0.29) is 11.7 Å². The molecule has 0 fully saturated rings. The fourth-order valence-corrected chi connectivity index (χ4v) is 3.65. The molecule has 0 saturated carbocycles. The van der Waals surface area contributed by atoms with Gasteiger partial charge >= 0.3 is 0 Å². The second kappa shape index (κ2) is 8.57. The zero-order valence-electron chi connectivity index (χ0n) is 17.8. The van der Waals surface area contributed by atoms with Crippen LogP contribution in [0, 0.1) is 0 Å². The summed E-state index contributed by atoms with van der Waals surface area (Å²) in [5, 5.41) is 21.5. The minimum absolute atomic E-state index is 0.0207. The Morgan fingerprint density at radius 1 is 1.16 bits per heavy atom. The average molecular weight is 415 g/mol. The van der Waals surface area contributed by atoms with Crippen LogP contribution in [0.4, 0.5) is 0 Å². The first-order valence-corrected chi connectivity index (χ1v) is 10.2. The lowest BCUT2D eigenvalue weighted by Crippen LogP contribution is -2.37. The van der Waals surface area contributed by atoms with Gasteiger partial charge < -0.3 is 15.3 Å². The number of pyridine rings is 1. The number of aromatic nitrogens is 3. The lowest BCUT2D eigenvalue weighted by molar-refractivity contribution is -0.132. The number of carbonyl (C=O) groups is 1. The second-order valence-electron chi connectivity index (χ2n) is 7.41. The van der Waals surface area contributed by atoms with Gasteiger partial charge in [0.15, 0.2) is 5.65 Å². The molecule has 2 aromatic heterocycles. The molecule has 2 aromatic carbocycles. The molecule has 1 amide bonds. The van der Waals surface area contributed by atoms with Gasteiger partial charge in [-0.25, -0.2) is 4.98 Å². The summed E-state index contributed by atoms with van der Waals surface area (Å²) >= 11 is 0. The molecular formula is C24H25N5O2. The van der Waals surface area contributed by atoms with Crippen molar-refractivity contribution >= 4 is 16.9 Å². The van der Waals surface area contributed by atoms with Crippen molar-refractivity contribution in [1.29, 1.82) is 0 Å². The molecular weight excluding hydrogens is 390 g/mol.